The van der Waals surface area contributed by atoms with Crippen LogP contribution in [0.2, 0.25) is 18.6 Å². The Kier molecular flexibility index (Phi) is 9.86. The summed E-state index contributed by atoms with van der Waals surface area (Å²) in [6.45, 7) is 6.01. The van der Waals surface area contributed by atoms with Gasteiger partial charge in [-0.05, 0) is 78.2 Å². The van der Waals surface area contributed by atoms with Gasteiger partial charge >= 0.3 is 0 Å². The molecule has 0 bridgehead atoms. The number of aromatic amines is 1. The lowest BCUT2D eigenvalue weighted by Gasteiger charge is -2.37. The predicted octanol–water partition coefficient (Wildman–Crippen LogP) is 6.04. The Morgan fingerprint density at radius 1 is 1.02 bits per heavy atom. The van der Waals surface area contributed by atoms with Crippen LogP contribution in [-0.2, 0) is 50.7 Å². The molecule has 0 saturated carbocycles. The van der Waals surface area contributed by atoms with E-state index in [-0.39, 0.29) is 49.8 Å². The highest BCUT2D eigenvalue weighted by molar-refractivity contribution is 6.71. The smallest absolute Gasteiger partial charge is 0.264 e. The molecule has 4 N–H and O–H groups in total. The summed E-state index contributed by atoms with van der Waals surface area (Å²) in [7, 11) is -1.49. The van der Waals surface area contributed by atoms with Gasteiger partial charge in [-0.1, -0.05) is 61.5 Å². The third-order valence-corrected chi connectivity index (χ3v) is 14.5. The van der Waals surface area contributed by atoms with E-state index in [9.17, 15) is 19.5 Å². The number of methoxy groups -OCH3 is 1. The summed E-state index contributed by atoms with van der Waals surface area (Å²) in [6, 6.07) is 28.4. The average molecular weight is 773 g/mol. The van der Waals surface area contributed by atoms with Crippen molar-refractivity contribution < 1.29 is 33.8 Å². The van der Waals surface area contributed by atoms with Crippen molar-refractivity contribution in [3.05, 3.63) is 125 Å². The second-order valence-electron chi connectivity index (χ2n) is 16.0. The van der Waals surface area contributed by atoms with Crippen LogP contribution in [0.3, 0.4) is 0 Å². The Morgan fingerprint density at radius 3 is 2.55 bits per heavy atom. The van der Waals surface area contributed by atoms with E-state index in [0.717, 1.165) is 33.2 Å². The lowest BCUT2D eigenvalue weighted by molar-refractivity contribution is -0.151. The number of para-hydroxylation sites is 1. The summed E-state index contributed by atoms with van der Waals surface area (Å²) in [5, 5.41) is 14.4. The Labute approximate surface area is 327 Å². The maximum absolute atomic E-state index is 15.1. The fraction of sp³-hybridized carbons (Fsp3) is 0.341. The number of carbonyl (C=O) groups excluding carboxylic acids is 3. The topological polar surface area (TPSA) is 144 Å². The van der Waals surface area contributed by atoms with Gasteiger partial charge in [-0.3, -0.25) is 14.4 Å². The number of rotatable bonds is 10. The molecular formula is C44H48N4O7Si. The molecule has 12 heteroatoms. The second-order valence-corrected chi connectivity index (χ2v) is 19.9. The first-order chi connectivity index (χ1) is 26.9. The number of benzene rings is 4. The van der Waals surface area contributed by atoms with Crippen molar-refractivity contribution in [2.24, 2.45) is 5.92 Å². The highest BCUT2D eigenvalue weighted by Crippen LogP contribution is 2.60. The Balaban J connectivity index is 1.07. The summed E-state index contributed by atoms with van der Waals surface area (Å²) in [4.78, 5) is 61.0. The molecule has 0 unspecified atom stereocenters. The summed E-state index contributed by atoms with van der Waals surface area (Å²) in [6.07, 6.45) is 1.81. The van der Waals surface area contributed by atoms with Crippen molar-refractivity contribution in [2.45, 2.75) is 75.7 Å². The number of hydrogen-bond donors (Lipinski definition) is 4. The minimum atomic E-state index is -3.06. The third-order valence-electron chi connectivity index (χ3n) is 12.0. The highest BCUT2D eigenvalue weighted by atomic mass is 28.4. The zero-order chi connectivity index (χ0) is 39.4. The van der Waals surface area contributed by atoms with Gasteiger partial charge in [0.2, 0.25) is 11.8 Å². The van der Waals surface area contributed by atoms with Gasteiger partial charge in [-0.25, -0.2) is 0 Å². The van der Waals surface area contributed by atoms with Gasteiger partial charge in [0.15, 0.2) is 13.9 Å². The standard InChI is InChI=1S/C44H48N4O7Si/c1-27-42(56(3,4)53)39(22-41(51)47-25-30-12-6-5-11-29(30)19-33(47)26-49)55-44(27)36-21-34(54-2)16-17-38(36)48(43(44)52)24-28-10-9-13-32(18-28)46-40(50)20-31-23-45-37-15-8-7-14-35(31)37/h5-18,21,23,27,33,39,42,45,49,53H,19-20,22,24-26H2,1-4H3,(H,46,50)/t27-,33-,39+,42-,44+/m0/s1. The number of aliphatic hydroxyl groups is 1. The first-order valence-corrected chi connectivity index (χ1v) is 22.2. The van der Waals surface area contributed by atoms with Gasteiger partial charge in [-0.2, -0.15) is 0 Å². The third kappa shape index (κ3) is 6.60. The molecule has 3 aliphatic rings. The minimum absolute atomic E-state index is 0.0424. The number of H-pyrrole nitrogens is 1. The van der Waals surface area contributed by atoms with E-state index in [1.54, 1.807) is 16.9 Å². The van der Waals surface area contributed by atoms with Crippen LogP contribution in [0.5, 0.6) is 5.75 Å². The molecule has 56 heavy (non-hydrogen) atoms. The molecule has 11 nitrogen and oxygen atoms in total. The van der Waals surface area contributed by atoms with Crippen LogP contribution in [-0.4, -0.2) is 71.7 Å². The van der Waals surface area contributed by atoms with Crippen molar-refractivity contribution >= 4 is 48.3 Å². The second kappa shape index (κ2) is 14.7. The maximum Gasteiger partial charge on any atom is 0.264 e. The summed E-state index contributed by atoms with van der Waals surface area (Å²) in [5.74, 6) is -0.549. The van der Waals surface area contributed by atoms with Crippen molar-refractivity contribution in [1.29, 1.82) is 0 Å². The SMILES string of the molecule is COc1ccc2c(c1)[C@@]1(O[C@H](CC(=O)N3Cc4ccccc4C[C@H]3CO)[C@@H]([Si](C)(C)O)[C@@H]1C)C(=O)N2Cc1cccc(NC(=O)Cc2c[nH]c3ccccc23)c1. The van der Waals surface area contributed by atoms with Gasteiger partial charge in [0.1, 0.15) is 5.75 Å². The maximum atomic E-state index is 15.1. The summed E-state index contributed by atoms with van der Waals surface area (Å²) < 4.78 is 12.6. The lowest BCUT2D eigenvalue weighted by Crippen LogP contribution is -2.48. The molecule has 1 aromatic heterocycles. The van der Waals surface area contributed by atoms with Gasteiger partial charge in [0.25, 0.3) is 5.91 Å². The number of ether oxygens (including phenoxy) is 2. The van der Waals surface area contributed by atoms with Crippen molar-refractivity contribution in [1.82, 2.24) is 9.88 Å². The molecule has 3 aliphatic heterocycles. The quantitative estimate of drug-likeness (QED) is 0.127. The number of amides is 3. The molecule has 290 valence electrons. The van der Waals surface area contributed by atoms with Crippen LogP contribution in [0.15, 0.2) is 97.2 Å². The molecule has 1 spiro atoms. The molecule has 0 aliphatic carbocycles. The molecule has 4 heterocycles. The molecule has 1 fully saturated rings. The molecule has 5 atom stereocenters. The largest absolute Gasteiger partial charge is 0.497 e. The highest BCUT2D eigenvalue weighted by Gasteiger charge is 2.66. The van der Waals surface area contributed by atoms with Crippen LogP contribution in [0.25, 0.3) is 10.9 Å². The van der Waals surface area contributed by atoms with Gasteiger partial charge in [0, 0.05) is 46.4 Å². The number of carbonyl (C=O) groups is 3. The molecule has 8 rings (SSSR count). The lowest BCUT2D eigenvalue weighted by atomic mass is 9.82. The Morgan fingerprint density at radius 2 is 1.79 bits per heavy atom. The summed E-state index contributed by atoms with van der Waals surface area (Å²) >= 11 is 0. The average Bonchev–Trinajstić information content (AvgIpc) is 3.80. The van der Waals surface area contributed by atoms with Crippen LogP contribution < -0.4 is 15.0 Å². The predicted molar refractivity (Wildman–Crippen MR) is 217 cm³/mol. The summed E-state index contributed by atoms with van der Waals surface area (Å²) in [5.41, 5.74) is 4.79. The zero-order valence-corrected chi connectivity index (χ0v) is 33.1. The normalized spacial score (nSPS) is 23.1. The van der Waals surface area contributed by atoms with E-state index in [1.807, 2.05) is 117 Å². The number of anilines is 2. The number of hydrogen-bond acceptors (Lipinski definition) is 7. The molecular weight excluding hydrogens is 725 g/mol. The fourth-order valence-electron chi connectivity index (χ4n) is 9.46. The van der Waals surface area contributed by atoms with E-state index < -0.39 is 31.5 Å². The zero-order valence-electron chi connectivity index (χ0n) is 32.1. The Bertz CT molecular complexity index is 2320. The number of aromatic nitrogens is 1. The fourth-order valence-corrected chi connectivity index (χ4v) is 12.0. The monoisotopic (exact) mass is 772 g/mol. The van der Waals surface area contributed by atoms with Crippen molar-refractivity contribution in [3.63, 3.8) is 0 Å². The van der Waals surface area contributed by atoms with E-state index >= 15 is 4.79 Å². The van der Waals surface area contributed by atoms with E-state index in [0.29, 0.717) is 35.7 Å². The van der Waals surface area contributed by atoms with E-state index in [4.69, 9.17) is 9.47 Å². The van der Waals surface area contributed by atoms with Gasteiger partial charge in [0.05, 0.1) is 50.9 Å². The number of fused-ring (bicyclic) bond motifs is 4. The van der Waals surface area contributed by atoms with E-state index in [1.165, 1.54) is 0 Å². The Hall–Kier alpha value is -5.27. The van der Waals surface area contributed by atoms with Crippen LogP contribution in [0.1, 0.15) is 41.2 Å². The van der Waals surface area contributed by atoms with Crippen LogP contribution in [0.4, 0.5) is 11.4 Å². The molecule has 4 aromatic carbocycles. The van der Waals surface area contributed by atoms with Crippen molar-refractivity contribution in [3.8, 4) is 5.75 Å². The first kappa shape index (κ1) is 37.6. The van der Waals surface area contributed by atoms with Crippen LogP contribution >= 0.6 is 0 Å². The van der Waals surface area contributed by atoms with E-state index in [2.05, 4.69) is 10.3 Å². The van der Waals surface area contributed by atoms with Crippen molar-refractivity contribution in [2.75, 3.05) is 23.9 Å². The first-order valence-electron chi connectivity index (χ1n) is 19.2. The molecule has 0 radical (unpaired) electrons. The molecule has 5 aromatic rings. The number of aliphatic hydroxyl groups excluding tert-OH is 1. The van der Waals surface area contributed by atoms with Gasteiger partial charge in [-0.15, -0.1) is 0 Å². The number of nitrogens with one attached hydrogen (secondary N) is 2. The minimum Gasteiger partial charge on any atom is -0.497 e. The molecule has 3 amide bonds. The molecule has 1 saturated heterocycles. The number of nitrogens with zero attached hydrogens (tertiary/aromatic N) is 2. The van der Waals surface area contributed by atoms with Crippen LogP contribution in [0, 0.1) is 5.92 Å². The van der Waals surface area contributed by atoms with Gasteiger partial charge < -0.3 is 39.5 Å².